The summed E-state index contributed by atoms with van der Waals surface area (Å²) < 4.78 is 27.9. The third-order valence-electron chi connectivity index (χ3n) is 4.79. The minimum Gasteiger partial charge on any atom is -0.339 e. The Morgan fingerprint density at radius 1 is 1.03 bits per heavy atom. The van der Waals surface area contributed by atoms with Crippen LogP contribution in [0.5, 0.6) is 0 Å². The van der Waals surface area contributed by atoms with Gasteiger partial charge in [0.05, 0.1) is 4.90 Å². The van der Waals surface area contributed by atoms with Crippen molar-refractivity contribution < 1.29 is 18.0 Å². The monoisotopic (exact) mass is 465 g/mol. The number of hydrogen-bond donors (Lipinski definition) is 2. The molecule has 0 bridgehead atoms. The van der Waals surface area contributed by atoms with Crippen LogP contribution in [0.15, 0.2) is 53.4 Å². The van der Waals surface area contributed by atoms with Crippen molar-refractivity contribution in [1.82, 2.24) is 9.62 Å². The van der Waals surface area contributed by atoms with Crippen LogP contribution in [0.4, 0.5) is 5.69 Å². The molecule has 7 nitrogen and oxygen atoms in total. The second kappa shape index (κ2) is 10.7. The quantitative estimate of drug-likeness (QED) is 0.589. The smallest absolute Gasteiger partial charge is 0.253 e. The van der Waals surface area contributed by atoms with Crippen molar-refractivity contribution in [1.29, 1.82) is 0 Å². The standard InChI is InChI=1S/C22H28ClN3O4S/c1-5-26(6-2)22(28)16-10-12-18(13-11-16)24-21(27)20(15(3)4)25-31(29,30)19-9-7-8-17(23)14-19/h7-15,20,25H,5-6H2,1-4H3,(H,24,27)/t20-/m1/s1. The third-order valence-corrected chi connectivity index (χ3v) is 6.46. The summed E-state index contributed by atoms with van der Waals surface area (Å²) in [6.07, 6.45) is 0. The second-order valence-electron chi connectivity index (χ2n) is 7.34. The average molecular weight is 466 g/mol. The Balaban J connectivity index is 2.15. The highest BCUT2D eigenvalue weighted by atomic mass is 35.5. The van der Waals surface area contributed by atoms with Crippen molar-refractivity contribution in [3.05, 3.63) is 59.1 Å². The van der Waals surface area contributed by atoms with Crippen molar-refractivity contribution in [3.63, 3.8) is 0 Å². The highest BCUT2D eigenvalue weighted by Crippen LogP contribution is 2.18. The maximum absolute atomic E-state index is 12.8. The SMILES string of the molecule is CCN(CC)C(=O)c1ccc(NC(=O)[C@H](NS(=O)(=O)c2cccc(Cl)c2)C(C)C)cc1. The summed E-state index contributed by atoms with van der Waals surface area (Å²) >= 11 is 5.89. The van der Waals surface area contributed by atoms with Crippen LogP contribution in [0, 0.1) is 5.92 Å². The van der Waals surface area contributed by atoms with Gasteiger partial charge < -0.3 is 10.2 Å². The molecular weight excluding hydrogens is 438 g/mol. The predicted octanol–water partition coefficient (Wildman–Crippen LogP) is 3.76. The van der Waals surface area contributed by atoms with E-state index in [0.29, 0.717) is 24.3 Å². The molecule has 9 heteroatoms. The molecule has 1 atom stereocenters. The Kier molecular flexibility index (Phi) is 8.61. The first-order chi connectivity index (χ1) is 14.6. The van der Waals surface area contributed by atoms with Crippen LogP contribution in [0.2, 0.25) is 5.02 Å². The Morgan fingerprint density at radius 3 is 2.16 bits per heavy atom. The number of carbonyl (C=O) groups excluding carboxylic acids is 2. The van der Waals surface area contributed by atoms with Crippen molar-refractivity contribution in [2.75, 3.05) is 18.4 Å². The Labute approximate surface area is 188 Å². The summed E-state index contributed by atoms with van der Waals surface area (Å²) in [6, 6.07) is 11.4. The van der Waals surface area contributed by atoms with E-state index in [1.165, 1.54) is 18.2 Å². The number of benzene rings is 2. The molecule has 2 N–H and O–H groups in total. The number of halogens is 1. The van der Waals surface area contributed by atoms with Crippen molar-refractivity contribution in [3.8, 4) is 0 Å². The van der Waals surface area contributed by atoms with Gasteiger partial charge in [0.25, 0.3) is 5.91 Å². The van der Waals surface area contributed by atoms with E-state index in [1.807, 2.05) is 13.8 Å². The van der Waals surface area contributed by atoms with Crippen LogP contribution in [0.1, 0.15) is 38.1 Å². The second-order valence-corrected chi connectivity index (χ2v) is 9.49. The minimum atomic E-state index is -3.94. The number of carbonyl (C=O) groups is 2. The molecule has 2 aromatic carbocycles. The summed E-state index contributed by atoms with van der Waals surface area (Å²) in [5.41, 5.74) is 0.984. The molecule has 168 valence electrons. The van der Waals surface area contributed by atoms with Crippen LogP contribution in [0.3, 0.4) is 0 Å². The molecule has 0 unspecified atom stereocenters. The lowest BCUT2D eigenvalue weighted by Gasteiger charge is -2.22. The Hall–Kier alpha value is -2.42. The first-order valence-corrected chi connectivity index (χ1v) is 11.9. The number of sulfonamides is 1. The molecule has 0 aliphatic carbocycles. The van der Waals surface area contributed by atoms with Gasteiger partial charge in [-0.2, -0.15) is 4.72 Å². The number of nitrogens with zero attached hydrogens (tertiary/aromatic N) is 1. The van der Waals surface area contributed by atoms with Crippen LogP contribution in [-0.4, -0.2) is 44.3 Å². The maximum Gasteiger partial charge on any atom is 0.253 e. The first-order valence-electron chi connectivity index (χ1n) is 10.1. The van der Waals surface area contributed by atoms with E-state index >= 15 is 0 Å². The zero-order valence-corrected chi connectivity index (χ0v) is 19.6. The maximum atomic E-state index is 12.8. The van der Waals surface area contributed by atoms with E-state index in [-0.39, 0.29) is 21.7 Å². The summed E-state index contributed by atoms with van der Waals surface area (Å²) in [4.78, 5) is 26.9. The van der Waals surface area contributed by atoms with Crippen molar-refractivity contribution in [2.24, 2.45) is 5.92 Å². The highest BCUT2D eigenvalue weighted by molar-refractivity contribution is 7.89. The predicted molar refractivity (Wildman–Crippen MR) is 123 cm³/mol. The number of anilines is 1. The first kappa shape index (κ1) is 24.8. The van der Waals surface area contributed by atoms with Gasteiger partial charge in [0.1, 0.15) is 6.04 Å². The van der Waals surface area contributed by atoms with Gasteiger partial charge in [-0.15, -0.1) is 0 Å². The van der Waals surface area contributed by atoms with Crippen LogP contribution in [-0.2, 0) is 14.8 Å². The van der Waals surface area contributed by atoms with E-state index in [1.54, 1.807) is 49.1 Å². The molecule has 2 aromatic rings. The zero-order chi connectivity index (χ0) is 23.2. The van der Waals surface area contributed by atoms with Gasteiger partial charge in [-0.1, -0.05) is 31.5 Å². The molecule has 0 radical (unpaired) electrons. The fourth-order valence-corrected chi connectivity index (χ4v) is 4.62. The van der Waals surface area contributed by atoms with Crippen molar-refractivity contribution >= 4 is 39.1 Å². The largest absolute Gasteiger partial charge is 0.339 e. The van der Waals surface area contributed by atoms with Crippen LogP contribution in [0.25, 0.3) is 0 Å². The highest BCUT2D eigenvalue weighted by Gasteiger charge is 2.28. The Morgan fingerprint density at radius 2 is 1.65 bits per heavy atom. The van der Waals surface area contributed by atoms with E-state index in [9.17, 15) is 18.0 Å². The molecule has 2 amide bonds. The average Bonchev–Trinajstić information content (AvgIpc) is 2.73. The lowest BCUT2D eigenvalue weighted by atomic mass is 10.0. The molecule has 0 heterocycles. The molecule has 2 rings (SSSR count). The van der Waals surface area contributed by atoms with Crippen molar-refractivity contribution in [2.45, 2.75) is 38.6 Å². The van der Waals surface area contributed by atoms with Gasteiger partial charge in [0.2, 0.25) is 15.9 Å². The molecule has 31 heavy (non-hydrogen) atoms. The topological polar surface area (TPSA) is 95.6 Å². The van der Waals surface area contributed by atoms with E-state index < -0.39 is 22.0 Å². The zero-order valence-electron chi connectivity index (χ0n) is 18.1. The molecule has 0 fully saturated rings. The normalized spacial score (nSPS) is 12.5. The lowest BCUT2D eigenvalue weighted by Crippen LogP contribution is -2.47. The summed E-state index contributed by atoms with van der Waals surface area (Å²) in [5, 5.41) is 3.00. The molecule has 0 saturated heterocycles. The summed E-state index contributed by atoms with van der Waals surface area (Å²) in [7, 11) is -3.94. The fraction of sp³-hybridized carbons (Fsp3) is 0.364. The van der Waals surface area contributed by atoms with Gasteiger partial charge in [0.15, 0.2) is 0 Å². The summed E-state index contributed by atoms with van der Waals surface area (Å²) in [5.74, 6) is -0.891. The molecule has 0 spiro atoms. The fourth-order valence-electron chi connectivity index (χ4n) is 2.97. The van der Waals surface area contributed by atoms with E-state index in [4.69, 9.17) is 11.6 Å². The molecule has 0 aliphatic rings. The molecule has 0 aromatic heterocycles. The lowest BCUT2D eigenvalue weighted by molar-refractivity contribution is -0.118. The van der Waals surface area contributed by atoms with Crippen LogP contribution >= 0.6 is 11.6 Å². The van der Waals surface area contributed by atoms with Crippen LogP contribution < -0.4 is 10.0 Å². The minimum absolute atomic E-state index is 0.0160. The molecule has 0 aliphatic heterocycles. The van der Waals surface area contributed by atoms with E-state index in [2.05, 4.69) is 10.0 Å². The number of amides is 2. The molecular formula is C22H28ClN3O4S. The Bertz CT molecular complexity index is 1020. The van der Waals surface area contributed by atoms with Gasteiger partial charge in [-0.05, 0) is 62.2 Å². The van der Waals surface area contributed by atoms with Gasteiger partial charge in [-0.25, -0.2) is 8.42 Å². The van der Waals surface area contributed by atoms with Gasteiger partial charge >= 0.3 is 0 Å². The van der Waals surface area contributed by atoms with E-state index in [0.717, 1.165) is 0 Å². The van der Waals surface area contributed by atoms with Gasteiger partial charge in [0, 0.05) is 29.4 Å². The third kappa shape index (κ3) is 6.53. The summed E-state index contributed by atoms with van der Waals surface area (Å²) in [6.45, 7) is 8.53. The number of rotatable bonds is 9. The van der Waals surface area contributed by atoms with Gasteiger partial charge in [-0.3, -0.25) is 9.59 Å². The number of nitrogens with one attached hydrogen (secondary N) is 2. The number of hydrogen-bond acceptors (Lipinski definition) is 4. The molecule has 0 saturated carbocycles.